The highest BCUT2D eigenvalue weighted by Crippen LogP contribution is 2.41. The smallest absolute Gasteiger partial charge is 0.131 e. The van der Waals surface area contributed by atoms with Crippen molar-refractivity contribution in [3.63, 3.8) is 0 Å². The Kier molecular flexibility index (Phi) is 1.95. The first-order valence-corrected chi connectivity index (χ1v) is 4.97. The summed E-state index contributed by atoms with van der Waals surface area (Å²) in [5.41, 5.74) is 0.311. The Balaban J connectivity index is 2.11. The van der Waals surface area contributed by atoms with Crippen molar-refractivity contribution < 1.29 is 4.79 Å². The zero-order valence-corrected chi connectivity index (χ0v) is 7.81. The molecule has 0 bridgehead atoms. The third-order valence-corrected chi connectivity index (χ3v) is 3.39. The molecule has 2 fully saturated rings. The van der Waals surface area contributed by atoms with E-state index in [9.17, 15) is 4.79 Å². The summed E-state index contributed by atoms with van der Waals surface area (Å²) in [5, 5.41) is 0. The summed E-state index contributed by atoms with van der Waals surface area (Å²) >= 11 is 0. The Hall–Kier alpha value is -0.370. The van der Waals surface area contributed by atoms with Gasteiger partial charge in [-0.3, -0.25) is 9.69 Å². The van der Waals surface area contributed by atoms with E-state index in [1.54, 1.807) is 6.92 Å². The van der Waals surface area contributed by atoms with Crippen LogP contribution in [0.25, 0.3) is 0 Å². The molecule has 2 nitrogen and oxygen atoms in total. The van der Waals surface area contributed by atoms with Gasteiger partial charge in [0.2, 0.25) is 0 Å². The van der Waals surface area contributed by atoms with Gasteiger partial charge >= 0.3 is 0 Å². The monoisotopic (exact) mass is 167 g/mol. The first-order chi connectivity index (χ1) is 5.73. The first kappa shape index (κ1) is 8.24. The Morgan fingerprint density at radius 3 is 2.42 bits per heavy atom. The lowest BCUT2D eigenvalue weighted by Gasteiger charge is -2.30. The lowest BCUT2D eigenvalue weighted by atomic mass is 9.89. The van der Waals surface area contributed by atoms with Gasteiger partial charge in [0.05, 0.1) is 0 Å². The standard InChI is InChI=1S/C10H17NO/c1-9(12)8-10-4-2-6-11(10)7-3-5-10/h2-8H2,1H3. The van der Waals surface area contributed by atoms with Crippen LogP contribution in [0.1, 0.15) is 39.0 Å². The fraction of sp³-hybridized carbons (Fsp3) is 0.900. The summed E-state index contributed by atoms with van der Waals surface area (Å²) in [4.78, 5) is 13.6. The second-order valence-corrected chi connectivity index (χ2v) is 4.30. The largest absolute Gasteiger partial charge is 0.300 e. The quantitative estimate of drug-likeness (QED) is 0.622. The molecule has 0 amide bonds. The molecule has 0 spiro atoms. The molecular weight excluding hydrogens is 150 g/mol. The van der Waals surface area contributed by atoms with Crippen molar-refractivity contribution in [2.24, 2.45) is 0 Å². The van der Waals surface area contributed by atoms with Gasteiger partial charge in [0, 0.05) is 12.0 Å². The Morgan fingerprint density at radius 1 is 1.33 bits per heavy atom. The van der Waals surface area contributed by atoms with E-state index in [1.807, 2.05) is 0 Å². The Bertz CT molecular complexity index is 190. The SMILES string of the molecule is CC(=O)CC12CCCN1CCC2. The van der Waals surface area contributed by atoms with Crippen molar-refractivity contribution in [3.05, 3.63) is 0 Å². The number of carbonyl (C=O) groups is 1. The number of Topliss-reactive ketones (excluding diaryl/α,β-unsaturated/α-hetero) is 1. The van der Waals surface area contributed by atoms with Crippen LogP contribution in [0.3, 0.4) is 0 Å². The molecule has 0 N–H and O–H groups in total. The van der Waals surface area contributed by atoms with Crippen LogP contribution >= 0.6 is 0 Å². The van der Waals surface area contributed by atoms with E-state index in [2.05, 4.69) is 4.90 Å². The van der Waals surface area contributed by atoms with Gasteiger partial charge in [0.1, 0.15) is 5.78 Å². The molecule has 0 aliphatic carbocycles. The molecule has 2 saturated heterocycles. The van der Waals surface area contributed by atoms with Gasteiger partial charge in [0.15, 0.2) is 0 Å². The molecule has 2 aliphatic rings. The van der Waals surface area contributed by atoms with Gasteiger partial charge < -0.3 is 0 Å². The summed E-state index contributed by atoms with van der Waals surface area (Å²) in [6, 6.07) is 0. The number of ketones is 1. The van der Waals surface area contributed by atoms with E-state index in [4.69, 9.17) is 0 Å². The minimum atomic E-state index is 0.311. The molecule has 2 aliphatic heterocycles. The van der Waals surface area contributed by atoms with E-state index in [-0.39, 0.29) is 0 Å². The molecule has 0 atom stereocenters. The molecule has 2 rings (SSSR count). The molecule has 0 radical (unpaired) electrons. The van der Waals surface area contributed by atoms with Gasteiger partial charge in [-0.2, -0.15) is 0 Å². The van der Waals surface area contributed by atoms with Crippen LogP contribution in [-0.4, -0.2) is 29.3 Å². The van der Waals surface area contributed by atoms with Crippen molar-refractivity contribution in [2.45, 2.75) is 44.6 Å². The number of carbonyl (C=O) groups excluding carboxylic acids is 1. The van der Waals surface area contributed by atoms with Crippen LogP contribution in [0.5, 0.6) is 0 Å². The predicted octanol–water partition coefficient (Wildman–Crippen LogP) is 1.59. The zero-order chi connectivity index (χ0) is 8.60. The van der Waals surface area contributed by atoms with Crippen molar-refractivity contribution in [3.8, 4) is 0 Å². The predicted molar refractivity (Wildman–Crippen MR) is 48.1 cm³/mol. The topological polar surface area (TPSA) is 20.3 Å². The second-order valence-electron chi connectivity index (χ2n) is 4.30. The van der Waals surface area contributed by atoms with Crippen molar-refractivity contribution >= 4 is 5.78 Å². The van der Waals surface area contributed by atoms with E-state index in [0.29, 0.717) is 11.3 Å². The van der Waals surface area contributed by atoms with E-state index in [1.165, 1.54) is 38.8 Å². The first-order valence-electron chi connectivity index (χ1n) is 4.97. The van der Waals surface area contributed by atoms with Crippen molar-refractivity contribution in [2.75, 3.05) is 13.1 Å². The number of hydrogen-bond donors (Lipinski definition) is 0. The van der Waals surface area contributed by atoms with Crippen LogP contribution < -0.4 is 0 Å². The van der Waals surface area contributed by atoms with E-state index in [0.717, 1.165) is 6.42 Å². The lowest BCUT2D eigenvalue weighted by molar-refractivity contribution is -0.119. The summed E-state index contributed by atoms with van der Waals surface area (Å²) in [6.07, 6.45) is 5.91. The second kappa shape index (κ2) is 2.84. The van der Waals surface area contributed by atoms with Gasteiger partial charge in [-0.25, -0.2) is 0 Å². The highest BCUT2D eigenvalue weighted by molar-refractivity contribution is 5.77. The molecular formula is C10H17NO. The van der Waals surface area contributed by atoms with Crippen LogP contribution in [0.2, 0.25) is 0 Å². The maximum atomic E-state index is 11.1. The van der Waals surface area contributed by atoms with E-state index < -0.39 is 0 Å². The number of hydrogen-bond acceptors (Lipinski definition) is 2. The van der Waals surface area contributed by atoms with Gasteiger partial charge in [0.25, 0.3) is 0 Å². The minimum absolute atomic E-state index is 0.311. The molecule has 0 aromatic rings. The molecule has 0 aromatic heterocycles. The van der Waals surface area contributed by atoms with Crippen LogP contribution in [0.15, 0.2) is 0 Å². The third kappa shape index (κ3) is 1.18. The number of rotatable bonds is 2. The van der Waals surface area contributed by atoms with E-state index >= 15 is 0 Å². The zero-order valence-electron chi connectivity index (χ0n) is 7.81. The molecule has 68 valence electrons. The number of nitrogens with zero attached hydrogens (tertiary/aromatic N) is 1. The molecule has 0 saturated carbocycles. The number of fused-ring (bicyclic) bond motifs is 1. The fourth-order valence-corrected chi connectivity index (χ4v) is 2.98. The summed E-state index contributed by atoms with van der Waals surface area (Å²) in [6.45, 7) is 4.18. The molecule has 0 unspecified atom stereocenters. The normalized spacial score (nSPS) is 27.4. The highest BCUT2D eigenvalue weighted by atomic mass is 16.1. The Morgan fingerprint density at radius 2 is 1.92 bits per heavy atom. The third-order valence-electron chi connectivity index (χ3n) is 3.39. The van der Waals surface area contributed by atoms with Crippen LogP contribution in [0, 0.1) is 0 Å². The maximum absolute atomic E-state index is 11.1. The minimum Gasteiger partial charge on any atom is -0.300 e. The van der Waals surface area contributed by atoms with Crippen LogP contribution in [0.4, 0.5) is 0 Å². The maximum Gasteiger partial charge on any atom is 0.131 e. The fourth-order valence-electron chi connectivity index (χ4n) is 2.98. The van der Waals surface area contributed by atoms with Gasteiger partial charge in [-0.15, -0.1) is 0 Å². The molecule has 12 heavy (non-hydrogen) atoms. The Labute approximate surface area is 73.9 Å². The molecule has 0 aromatic carbocycles. The summed E-state index contributed by atoms with van der Waals surface area (Å²) in [7, 11) is 0. The average Bonchev–Trinajstić information content (AvgIpc) is 2.42. The van der Waals surface area contributed by atoms with Crippen molar-refractivity contribution in [1.82, 2.24) is 4.90 Å². The molecule has 2 heterocycles. The summed E-state index contributed by atoms with van der Waals surface area (Å²) < 4.78 is 0. The van der Waals surface area contributed by atoms with Gasteiger partial charge in [-0.1, -0.05) is 0 Å². The van der Waals surface area contributed by atoms with Crippen LogP contribution in [-0.2, 0) is 4.79 Å². The lowest BCUT2D eigenvalue weighted by Crippen LogP contribution is -2.39. The van der Waals surface area contributed by atoms with Crippen molar-refractivity contribution in [1.29, 1.82) is 0 Å². The summed E-state index contributed by atoms with van der Waals surface area (Å²) in [5.74, 6) is 0.365. The molecule has 2 heteroatoms. The average molecular weight is 167 g/mol. The highest BCUT2D eigenvalue weighted by Gasteiger charge is 2.44. The van der Waals surface area contributed by atoms with Gasteiger partial charge in [-0.05, 0) is 45.7 Å².